The van der Waals surface area contributed by atoms with Crippen LogP contribution in [0, 0.1) is 6.92 Å². The van der Waals surface area contributed by atoms with Crippen molar-refractivity contribution in [2.45, 2.75) is 6.92 Å². The first kappa shape index (κ1) is 12.8. The van der Waals surface area contributed by atoms with Gasteiger partial charge in [0.25, 0.3) is 0 Å². The predicted octanol–water partition coefficient (Wildman–Crippen LogP) is 4.21. The zero-order valence-electron chi connectivity index (χ0n) is 10.8. The lowest BCUT2D eigenvalue weighted by molar-refractivity contribution is 0.101. The molecule has 0 saturated heterocycles. The van der Waals surface area contributed by atoms with Crippen molar-refractivity contribution >= 4 is 34.0 Å². The molecule has 2 aromatic carbocycles. The van der Waals surface area contributed by atoms with Crippen molar-refractivity contribution in [3.8, 4) is 0 Å². The molecule has 1 aromatic heterocycles. The lowest BCUT2D eigenvalue weighted by Gasteiger charge is -2.02. The number of hydrogen-bond acceptors (Lipinski definition) is 3. The first-order valence-electron chi connectivity index (χ1n) is 6.15. The molecule has 2 N–H and O–H groups in total. The minimum atomic E-state index is -0.180. The highest BCUT2D eigenvalue weighted by molar-refractivity contribution is 6.35. The molecule has 0 aliphatic heterocycles. The van der Waals surface area contributed by atoms with Gasteiger partial charge in [0.15, 0.2) is 11.3 Å². The maximum absolute atomic E-state index is 12.4. The number of halogens is 1. The number of para-hydroxylation sites is 1. The van der Waals surface area contributed by atoms with E-state index in [1.807, 2.05) is 19.1 Å². The van der Waals surface area contributed by atoms with Gasteiger partial charge in [0.2, 0.25) is 5.78 Å². The van der Waals surface area contributed by atoms with Crippen molar-refractivity contribution < 1.29 is 9.21 Å². The number of fused-ring (bicyclic) bond motifs is 1. The number of aryl methyl sites for hydroxylation is 1. The van der Waals surface area contributed by atoms with E-state index < -0.39 is 0 Å². The van der Waals surface area contributed by atoms with E-state index in [1.54, 1.807) is 30.3 Å². The Labute approximate surface area is 120 Å². The van der Waals surface area contributed by atoms with Gasteiger partial charge in [-0.05, 0) is 42.8 Å². The Kier molecular flexibility index (Phi) is 2.99. The van der Waals surface area contributed by atoms with Crippen LogP contribution in [0.2, 0.25) is 5.02 Å². The van der Waals surface area contributed by atoms with E-state index in [0.29, 0.717) is 21.9 Å². The topological polar surface area (TPSA) is 56.2 Å². The van der Waals surface area contributed by atoms with Gasteiger partial charge in [-0.25, -0.2) is 0 Å². The molecular weight excluding hydrogens is 274 g/mol. The number of anilines is 1. The number of carbonyl (C=O) groups is 1. The predicted molar refractivity (Wildman–Crippen MR) is 80.2 cm³/mol. The minimum Gasteiger partial charge on any atom is -0.451 e. The first-order chi connectivity index (χ1) is 9.56. The van der Waals surface area contributed by atoms with Gasteiger partial charge in [-0.15, -0.1) is 0 Å². The number of benzene rings is 2. The fourth-order valence-electron chi connectivity index (χ4n) is 2.10. The number of hydrogen-bond donors (Lipinski definition) is 1. The van der Waals surface area contributed by atoms with Crippen molar-refractivity contribution in [1.29, 1.82) is 0 Å². The van der Waals surface area contributed by atoms with Gasteiger partial charge in [-0.3, -0.25) is 4.79 Å². The molecule has 0 aliphatic rings. The molecular formula is C16H12ClNO2. The molecule has 0 fully saturated rings. The number of furan rings is 1. The summed E-state index contributed by atoms with van der Waals surface area (Å²) < 4.78 is 5.57. The Bertz CT molecular complexity index is 820. The molecule has 0 radical (unpaired) electrons. The molecule has 100 valence electrons. The molecule has 4 heteroatoms. The van der Waals surface area contributed by atoms with Crippen molar-refractivity contribution in [2.24, 2.45) is 0 Å². The fourth-order valence-corrected chi connectivity index (χ4v) is 2.32. The van der Waals surface area contributed by atoms with Crippen LogP contribution in [0.25, 0.3) is 11.0 Å². The average molecular weight is 286 g/mol. The number of rotatable bonds is 2. The molecule has 3 aromatic rings. The van der Waals surface area contributed by atoms with Gasteiger partial charge in [0.1, 0.15) is 0 Å². The molecule has 0 amide bonds. The Morgan fingerprint density at radius 2 is 2.00 bits per heavy atom. The molecule has 0 atom stereocenters. The second-order valence-electron chi connectivity index (χ2n) is 4.67. The minimum absolute atomic E-state index is 0.180. The van der Waals surface area contributed by atoms with Crippen LogP contribution in [0.15, 0.2) is 46.9 Å². The van der Waals surface area contributed by atoms with E-state index >= 15 is 0 Å². The van der Waals surface area contributed by atoms with E-state index in [2.05, 4.69) is 0 Å². The standard InChI is InChI=1S/C16H12ClNO2/c1-9-7-10(5-6-13(9)18)15(19)14-8-11-3-2-4-12(17)16(11)20-14/h2-8H,18H2,1H3. The van der Waals surface area contributed by atoms with Crippen LogP contribution in [0.4, 0.5) is 5.69 Å². The van der Waals surface area contributed by atoms with Crippen molar-refractivity contribution in [3.05, 3.63) is 64.4 Å². The van der Waals surface area contributed by atoms with Gasteiger partial charge in [-0.2, -0.15) is 0 Å². The SMILES string of the molecule is Cc1cc(C(=O)c2cc3cccc(Cl)c3o2)ccc1N. The zero-order valence-corrected chi connectivity index (χ0v) is 11.6. The summed E-state index contributed by atoms with van der Waals surface area (Å²) in [6, 6.07) is 12.3. The Balaban J connectivity index is 2.08. The Hall–Kier alpha value is -2.26. The molecule has 0 aliphatic carbocycles. The quantitative estimate of drug-likeness (QED) is 0.567. The van der Waals surface area contributed by atoms with Gasteiger partial charge in [-0.1, -0.05) is 23.7 Å². The first-order valence-corrected chi connectivity index (χ1v) is 6.53. The monoisotopic (exact) mass is 285 g/mol. The molecule has 0 bridgehead atoms. The summed E-state index contributed by atoms with van der Waals surface area (Å²) in [7, 11) is 0. The second-order valence-corrected chi connectivity index (χ2v) is 5.08. The van der Waals surface area contributed by atoms with Crippen molar-refractivity contribution in [2.75, 3.05) is 5.73 Å². The van der Waals surface area contributed by atoms with Gasteiger partial charge < -0.3 is 10.2 Å². The highest BCUT2D eigenvalue weighted by atomic mass is 35.5. The van der Waals surface area contributed by atoms with Gasteiger partial charge in [0.05, 0.1) is 5.02 Å². The third-order valence-electron chi connectivity index (χ3n) is 3.25. The highest BCUT2D eigenvalue weighted by Gasteiger charge is 2.16. The van der Waals surface area contributed by atoms with Crippen molar-refractivity contribution in [3.63, 3.8) is 0 Å². The van der Waals surface area contributed by atoms with Gasteiger partial charge >= 0.3 is 0 Å². The van der Waals surface area contributed by atoms with E-state index in [0.717, 1.165) is 10.9 Å². The lowest BCUT2D eigenvalue weighted by Crippen LogP contribution is -2.01. The number of nitrogen functional groups attached to an aromatic ring is 1. The number of nitrogens with two attached hydrogens (primary N) is 1. The molecule has 3 nitrogen and oxygen atoms in total. The third-order valence-corrected chi connectivity index (χ3v) is 3.55. The Morgan fingerprint density at radius 1 is 1.20 bits per heavy atom. The summed E-state index contributed by atoms with van der Waals surface area (Å²) in [6.45, 7) is 1.86. The lowest BCUT2D eigenvalue weighted by atomic mass is 10.0. The average Bonchev–Trinajstić information content (AvgIpc) is 2.86. The second kappa shape index (κ2) is 4.69. The molecule has 0 saturated carbocycles. The summed E-state index contributed by atoms with van der Waals surface area (Å²) in [4.78, 5) is 12.4. The van der Waals surface area contributed by atoms with Crippen LogP contribution in [-0.4, -0.2) is 5.78 Å². The van der Waals surface area contributed by atoms with E-state index in [-0.39, 0.29) is 11.5 Å². The van der Waals surface area contributed by atoms with Gasteiger partial charge in [0, 0.05) is 16.6 Å². The van der Waals surface area contributed by atoms with E-state index in [9.17, 15) is 4.79 Å². The molecule has 0 spiro atoms. The normalized spacial score (nSPS) is 10.9. The van der Waals surface area contributed by atoms with Crippen LogP contribution >= 0.6 is 11.6 Å². The summed E-state index contributed by atoms with van der Waals surface area (Å²) >= 11 is 6.05. The van der Waals surface area contributed by atoms with Crippen molar-refractivity contribution in [1.82, 2.24) is 0 Å². The van der Waals surface area contributed by atoms with Crippen LogP contribution in [-0.2, 0) is 0 Å². The molecule has 20 heavy (non-hydrogen) atoms. The zero-order chi connectivity index (χ0) is 14.3. The third kappa shape index (κ3) is 2.06. The van der Waals surface area contributed by atoms with E-state index in [4.69, 9.17) is 21.8 Å². The summed E-state index contributed by atoms with van der Waals surface area (Å²) in [5.41, 5.74) is 8.36. The van der Waals surface area contributed by atoms with Crippen LogP contribution in [0.3, 0.4) is 0 Å². The van der Waals surface area contributed by atoms with Crippen LogP contribution in [0.1, 0.15) is 21.7 Å². The maximum atomic E-state index is 12.4. The Morgan fingerprint density at radius 3 is 2.70 bits per heavy atom. The summed E-state index contributed by atoms with van der Waals surface area (Å²) in [5, 5.41) is 1.31. The molecule has 0 unspecified atom stereocenters. The fraction of sp³-hybridized carbons (Fsp3) is 0.0625. The number of ketones is 1. The molecule has 3 rings (SSSR count). The summed E-state index contributed by atoms with van der Waals surface area (Å²) in [5.74, 6) is 0.0950. The largest absolute Gasteiger partial charge is 0.451 e. The van der Waals surface area contributed by atoms with E-state index in [1.165, 1.54) is 0 Å². The number of carbonyl (C=O) groups excluding carboxylic acids is 1. The van der Waals surface area contributed by atoms with Crippen LogP contribution < -0.4 is 5.73 Å². The van der Waals surface area contributed by atoms with Crippen LogP contribution in [0.5, 0.6) is 0 Å². The molecule has 1 heterocycles. The summed E-state index contributed by atoms with van der Waals surface area (Å²) in [6.07, 6.45) is 0. The maximum Gasteiger partial charge on any atom is 0.228 e. The highest BCUT2D eigenvalue weighted by Crippen LogP contribution is 2.28. The smallest absolute Gasteiger partial charge is 0.228 e.